The van der Waals surface area contributed by atoms with Crippen LogP contribution in [0.15, 0.2) is 12.1 Å². The highest BCUT2D eigenvalue weighted by Crippen LogP contribution is 2.38. The molecule has 0 aromatic heterocycles. The van der Waals surface area contributed by atoms with Crippen LogP contribution in [0.4, 0.5) is 0 Å². The molecule has 0 N–H and O–H groups in total. The van der Waals surface area contributed by atoms with Crippen molar-refractivity contribution in [2.45, 2.75) is 39.0 Å². The van der Waals surface area contributed by atoms with Crippen molar-refractivity contribution in [3.05, 3.63) is 17.7 Å². The standard InChI is InChI=1S/C16H24O4/c1-5-6-7-8-9-13(17)12-10-14(18-2)16(20-4)15(11-12)19-3/h10-11H,5-9H2,1-4H3. The van der Waals surface area contributed by atoms with Gasteiger partial charge >= 0.3 is 0 Å². The number of carbonyl (C=O) groups is 1. The summed E-state index contributed by atoms with van der Waals surface area (Å²) in [7, 11) is 4.65. The van der Waals surface area contributed by atoms with Gasteiger partial charge in [0.15, 0.2) is 17.3 Å². The Morgan fingerprint density at radius 3 is 2.00 bits per heavy atom. The fourth-order valence-electron chi connectivity index (χ4n) is 2.10. The summed E-state index contributed by atoms with van der Waals surface area (Å²) in [5.41, 5.74) is 0.607. The minimum absolute atomic E-state index is 0.111. The summed E-state index contributed by atoms with van der Waals surface area (Å²) in [6.45, 7) is 2.15. The number of carbonyl (C=O) groups excluding carboxylic acids is 1. The lowest BCUT2D eigenvalue weighted by Crippen LogP contribution is -2.02. The van der Waals surface area contributed by atoms with Crippen LogP contribution in [0.3, 0.4) is 0 Å². The molecular weight excluding hydrogens is 256 g/mol. The summed E-state index contributed by atoms with van der Waals surface area (Å²) in [4.78, 5) is 12.2. The van der Waals surface area contributed by atoms with Crippen LogP contribution in [-0.2, 0) is 0 Å². The molecule has 0 saturated heterocycles. The first-order valence-electron chi connectivity index (χ1n) is 7.01. The average Bonchev–Trinajstić information content (AvgIpc) is 2.49. The van der Waals surface area contributed by atoms with Gasteiger partial charge in [0.25, 0.3) is 0 Å². The van der Waals surface area contributed by atoms with Crippen LogP contribution in [0.1, 0.15) is 49.4 Å². The van der Waals surface area contributed by atoms with Gasteiger partial charge in [-0.3, -0.25) is 4.79 Å². The Balaban J connectivity index is 2.86. The Bertz CT molecular complexity index is 415. The summed E-state index contributed by atoms with van der Waals surface area (Å²) in [6.07, 6.45) is 4.90. The van der Waals surface area contributed by atoms with Crippen LogP contribution in [0, 0.1) is 0 Å². The zero-order chi connectivity index (χ0) is 15.0. The Kier molecular flexibility index (Phi) is 6.91. The first kappa shape index (κ1) is 16.3. The van der Waals surface area contributed by atoms with Gasteiger partial charge in [-0.15, -0.1) is 0 Å². The molecule has 4 heteroatoms. The molecule has 0 amide bonds. The summed E-state index contributed by atoms with van der Waals surface area (Å²) in [5, 5.41) is 0. The fourth-order valence-corrected chi connectivity index (χ4v) is 2.10. The van der Waals surface area contributed by atoms with Crippen LogP contribution >= 0.6 is 0 Å². The number of unbranched alkanes of at least 4 members (excludes halogenated alkanes) is 3. The van der Waals surface area contributed by atoms with Crippen molar-refractivity contribution in [1.82, 2.24) is 0 Å². The summed E-state index contributed by atoms with van der Waals surface area (Å²) >= 11 is 0. The van der Waals surface area contributed by atoms with E-state index in [0.29, 0.717) is 29.2 Å². The van der Waals surface area contributed by atoms with Gasteiger partial charge in [-0.25, -0.2) is 0 Å². The molecule has 0 aliphatic heterocycles. The molecule has 0 aliphatic carbocycles. The second-order valence-corrected chi connectivity index (χ2v) is 4.65. The highest BCUT2D eigenvalue weighted by Gasteiger charge is 2.16. The molecule has 0 radical (unpaired) electrons. The molecule has 0 unspecified atom stereocenters. The van der Waals surface area contributed by atoms with Gasteiger partial charge in [-0.1, -0.05) is 26.2 Å². The predicted octanol–water partition coefficient (Wildman–Crippen LogP) is 3.87. The van der Waals surface area contributed by atoms with Gasteiger partial charge in [0.1, 0.15) is 0 Å². The van der Waals surface area contributed by atoms with E-state index in [1.807, 2.05) is 0 Å². The van der Waals surface area contributed by atoms with Gasteiger partial charge in [0, 0.05) is 12.0 Å². The summed E-state index contributed by atoms with van der Waals surface area (Å²) in [5.74, 6) is 1.66. The number of hydrogen-bond donors (Lipinski definition) is 0. The van der Waals surface area contributed by atoms with E-state index in [1.54, 1.807) is 33.5 Å². The van der Waals surface area contributed by atoms with Crippen LogP contribution in [0.2, 0.25) is 0 Å². The highest BCUT2D eigenvalue weighted by atomic mass is 16.5. The van der Waals surface area contributed by atoms with Crippen molar-refractivity contribution in [2.24, 2.45) is 0 Å². The number of methoxy groups -OCH3 is 3. The monoisotopic (exact) mass is 280 g/mol. The van der Waals surface area contributed by atoms with E-state index in [2.05, 4.69) is 6.92 Å². The van der Waals surface area contributed by atoms with Crippen molar-refractivity contribution < 1.29 is 19.0 Å². The number of rotatable bonds is 9. The van der Waals surface area contributed by atoms with Gasteiger partial charge in [-0.05, 0) is 18.6 Å². The molecule has 1 rings (SSSR count). The molecule has 112 valence electrons. The van der Waals surface area contributed by atoms with E-state index in [-0.39, 0.29) is 5.78 Å². The molecule has 0 aliphatic rings. The smallest absolute Gasteiger partial charge is 0.203 e. The second-order valence-electron chi connectivity index (χ2n) is 4.65. The van der Waals surface area contributed by atoms with Crippen LogP contribution < -0.4 is 14.2 Å². The van der Waals surface area contributed by atoms with Gasteiger partial charge in [0.05, 0.1) is 21.3 Å². The molecule has 0 spiro atoms. The quantitative estimate of drug-likeness (QED) is 0.509. The second kappa shape index (κ2) is 8.46. The van der Waals surface area contributed by atoms with Crippen molar-refractivity contribution in [3.63, 3.8) is 0 Å². The summed E-state index contributed by atoms with van der Waals surface area (Å²) in [6, 6.07) is 3.42. The zero-order valence-corrected chi connectivity index (χ0v) is 12.8. The van der Waals surface area contributed by atoms with Gasteiger partial charge < -0.3 is 14.2 Å². The molecule has 4 nitrogen and oxygen atoms in total. The zero-order valence-electron chi connectivity index (χ0n) is 12.8. The van der Waals surface area contributed by atoms with Gasteiger partial charge in [-0.2, -0.15) is 0 Å². The maximum atomic E-state index is 12.2. The van der Waals surface area contributed by atoms with Crippen LogP contribution in [0.25, 0.3) is 0 Å². The normalized spacial score (nSPS) is 10.2. The third-order valence-electron chi connectivity index (χ3n) is 3.24. The maximum absolute atomic E-state index is 12.2. The van der Waals surface area contributed by atoms with E-state index in [0.717, 1.165) is 12.8 Å². The third-order valence-corrected chi connectivity index (χ3v) is 3.24. The van der Waals surface area contributed by atoms with Crippen molar-refractivity contribution in [3.8, 4) is 17.2 Å². The molecule has 20 heavy (non-hydrogen) atoms. The van der Waals surface area contributed by atoms with E-state index >= 15 is 0 Å². The fraction of sp³-hybridized carbons (Fsp3) is 0.562. The minimum Gasteiger partial charge on any atom is -0.493 e. The predicted molar refractivity (Wildman–Crippen MR) is 79.2 cm³/mol. The van der Waals surface area contributed by atoms with Gasteiger partial charge in [0.2, 0.25) is 5.75 Å². The molecule has 0 fully saturated rings. The lowest BCUT2D eigenvalue weighted by Gasteiger charge is -2.13. The van der Waals surface area contributed by atoms with Crippen LogP contribution in [0.5, 0.6) is 17.2 Å². The molecule has 1 aromatic carbocycles. The molecule has 0 saturated carbocycles. The minimum atomic E-state index is 0.111. The third kappa shape index (κ3) is 4.15. The van der Waals surface area contributed by atoms with E-state index < -0.39 is 0 Å². The molecular formula is C16H24O4. The van der Waals surface area contributed by atoms with Crippen molar-refractivity contribution in [1.29, 1.82) is 0 Å². The Hall–Kier alpha value is -1.71. The summed E-state index contributed by atoms with van der Waals surface area (Å²) < 4.78 is 15.8. The van der Waals surface area contributed by atoms with Crippen molar-refractivity contribution >= 4 is 5.78 Å². The lowest BCUT2D eigenvalue weighted by molar-refractivity contribution is 0.0978. The Morgan fingerprint density at radius 1 is 0.950 bits per heavy atom. The van der Waals surface area contributed by atoms with Crippen molar-refractivity contribution in [2.75, 3.05) is 21.3 Å². The number of hydrogen-bond acceptors (Lipinski definition) is 4. The SMILES string of the molecule is CCCCCCC(=O)c1cc(OC)c(OC)c(OC)c1. The van der Waals surface area contributed by atoms with E-state index in [1.165, 1.54) is 12.8 Å². The molecule has 0 bridgehead atoms. The highest BCUT2D eigenvalue weighted by molar-refractivity contribution is 5.97. The molecule has 0 atom stereocenters. The first-order chi connectivity index (χ1) is 9.67. The molecule has 0 heterocycles. The Morgan fingerprint density at radius 2 is 1.55 bits per heavy atom. The van der Waals surface area contributed by atoms with Crippen LogP contribution in [-0.4, -0.2) is 27.1 Å². The first-order valence-corrected chi connectivity index (χ1v) is 7.01. The number of Topliss-reactive ketones (excluding diaryl/α,β-unsaturated/α-hetero) is 1. The number of ketones is 1. The van der Waals surface area contributed by atoms with E-state index in [9.17, 15) is 4.79 Å². The van der Waals surface area contributed by atoms with E-state index in [4.69, 9.17) is 14.2 Å². The lowest BCUT2D eigenvalue weighted by atomic mass is 10.0. The topological polar surface area (TPSA) is 44.8 Å². The average molecular weight is 280 g/mol. The number of benzene rings is 1. The number of ether oxygens (including phenoxy) is 3. The molecule has 1 aromatic rings. The maximum Gasteiger partial charge on any atom is 0.203 e. The Labute approximate surface area is 121 Å². The largest absolute Gasteiger partial charge is 0.493 e.